The first-order valence-electron chi connectivity index (χ1n) is 17.9. The summed E-state index contributed by atoms with van der Waals surface area (Å²) < 4.78 is 0. The van der Waals surface area contributed by atoms with Crippen molar-refractivity contribution in [2.24, 2.45) is 23.5 Å². The molecule has 0 aromatic carbocycles. The van der Waals surface area contributed by atoms with Gasteiger partial charge in [-0.3, -0.25) is 28.8 Å². The Kier molecular flexibility index (Phi) is 20.2. The molecule has 0 saturated carbocycles. The van der Waals surface area contributed by atoms with Gasteiger partial charge in [0.15, 0.2) is 0 Å². The van der Waals surface area contributed by atoms with Gasteiger partial charge in [0.2, 0.25) is 29.5 Å². The first kappa shape index (κ1) is 44.2. The lowest BCUT2D eigenvalue weighted by Crippen LogP contribution is -2.60. The SMILES string of the molecule is CC[C@H](C)[C@H](NC(=O)[C@@H]1CCCN1)C(=O)N[C@@H](CC(C)C)C(=O)N[C@@H](CCCCN)C(=O)N[C@@H](CC(C)C)C(=O)N[C@@H](CCC(=O)O)C(=O)O. The largest absolute Gasteiger partial charge is 0.481 e. The molecule has 286 valence electrons. The standard InChI is InChI=1S/C34H61N7O9/c1-7-21(6)28(41-29(44)22-12-10-16-36-22)33(48)40-26(18-20(4)5)31(46)37-23(11-8-9-15-35)30(45)39-25(17-19(2)3)32(47)38-24(34(49)50)13-14-27(42)43/h19-26,28,36H,7-18,35H2,1-6H3,(H,37,46)(H,38,47)(H,39,45)(H,40,48)(H,41,44)(H,42,43)(H,49,50)/t21-,22-,23-,24-,25-,26-,28-/m0/s1. The van der Waals surface area contributed by atoms with Crippen molar-refractivity contribution in [3.8, 4) is 0 Å². The zero-order chi connectivity index (χ0) is 38.0. The van der Waals surface area contributed by atoms with Gasteiger partial charge in [-0.25, -0.2) is 4.79 Å². The molecule has 0 aromatic heterocycles. The van der Waals surface area contributed by atoms with Gasteiger partial charge in [-0.15, -0.1) is 0 Å². The second kappa shape index (κ2) is 22.8. The van der Waals surface area contributed by atoms with Gasteiger partial charge in [0.25, 0.3) is 0 Å². The van der Waals surface area contributed by atoms with E-state index in [4.69, 9.17) is 10.8 Å². The first-order valence-corrected chi connectivity index (χ1v) is 17.9. The molecule has 7 atom stereocenters. The molecule has 1 fully saturated rings. The Hall–Kier alpha value is -3.79. The van der Waals surface area contributed by atoms with E-state index in [2.05, 4.69) is 31.9 Å². The molecular weight excluding hydrogens is 650 g/mol. The van der Waals surface area contributed by atoms with E-state index < -0.39 is 78.2 Å². The molecule has 0 unspecified atom stereocenters. The number of nitrogens with one attached hydrogen (secondary N) is 6. The van der Waals surface area contributed by atoms with E-state index in [9.17, 15) is 38.7 Å². The van der Waals surface area contributed by atoms with Crippen molar-refractivity contribution in [1.82, 2.24) is 31.9 Å². The van der Waals surface area contributed by atoms with E-state index in [0.717, 1.165) is 6.42 Å². The van der Waals surface area contributed by atoms with Gasteiger partial charge in [0.1, 0.15) is 30.2 Å². The van der Waals surface area contributed by atoms with E-state index >= 15 is 0 Å². The summed E-state index contributed by atoms with van der Waals surface area (Å²) in [5.41, 5.74) is 5.67. The topological polar surface area (TPSA) is 258 Å². The number of unbranched alkanes of at least 4 members (excludes halogenated alkanes) is 1. The summed E-state index contributed by atoms with van der Waals surface area (Å²) in [4.78, 5) is 89.9. The number of carboxylic acid groups (broad SMARTS) is 2. The Morgan fingerprint density at radius 3 is 1.70 bits per heavy atom. The second-order valence-electron chi connectivity index (χ2n) is 14.1. The molecule has 16 heteroatoms. The van der Waals surface area contributed by atoms with Crippen LogP contribution in [0, 0.1) is 17.8 Å². The molecule has 16 nitrogen and oxygen atoms in total. The number of hydrogen-bond donors (Lipinski definition) is 9. The molecule has 1 saturated heterocycles. The third kappa shape index (κ3) is 16.3. The summed E-state index contributed by atoms with van der Waals surface area (Å²) in [6.45, 7) is 12.2. The van der Waals surface area contributed by atoms with Crippen LogP contribution in [0.4, 0.5) is 0 Å². The van der Waals surface area contributed by atoms with Crippen molar-refractivity contribution in [3.05, 3.63) is 0 Å². The van der Waals surface area contributed by atoms with Crippen LogP contribution in [0.25, 0.3) is 0 Å². The van der Waals surface area contributed by atoms with Crippen molar-refractivity contribution >= 4 is 41.5 Å². The third-order valence-corrected chi connectivity index (χ3v) is 8.69. The molecule has 0 bridgehead atoms. The number of carbonyl (C=O) groups excluding carboxylic acids is 5. The highest BCUT2D eigenvalue weighted by Crippen LogP contribution is 2.14. The molecule has 50 heavy (non-hydrogen) atoms. The van der Waals surface area contributed by atoms with Gasteiger partial charge in [-0.1, -0.05) is 48.0 Å². The van der Waals surface area contributed by atoms with Crippen LogP contribution in [0.1, 0.15) is 106 Å². The molecule has 1 aliphatic rings. The van der Waals surface area contributed by atoms with Gasteiger partial charge in [-0.2, -0.15) is 0 Å². The Balaban J connectivity index is 3.22. The van der Waals surface area contributed by atoms with Gasteiger partial charge >= 0.3 is 11.9 Å². The van der Waals surface area contributed by atoms with Crippen LogP contribution in [0.15, 0.2) is 0 Å². The highest BCUT2D eigenvalue weighted by Gasteiger charge is 2.35. The fourth-order valence-electron chi connectivity index (χ4n) is 5.64. The Morgan fingerprint density at radius 2 is 1.24 bits per heavy atom. The summed E-state index contributed by atoms with van der Waals surface area (Å²) in [6, 6.07) is -6.10. The number of nitrogens with two attached hydrogens (primary N) is 1. The molecule has 1 rings (SSSR count). The lowest BCUT2D eigenvalue weighted by atomic mass is 9.96. The zero-order valence-electron chi connectivity index (χ0n) is 30.5. The lowest BCUT2D eigenvalue weighted by molar-refractivity contribution is -0.143. The van der Waals surface area contributed by atoms with E-state index in [1.54, 1.807) is 0 Å². The summed E-state index contributed by atoms with van der Waals surface area (Å²) in [6.07, 6.45) is 2.85. The Bertz CT molecular complexity index is 1140. The van der Waals surface area contributed by atoms with Crippen LogP contribution in [0.5, 0.6) is 0 Å². The maximum absolute atomic E-state index is 13.8. The van der Waals surface area contributed by atoms with Crippen molar-refractivity contribution in [1.29, 1.82) is 0 Å². The van der Waals surface area contributed by atoms with E-state index in [0.29, 0.717) is 38.8 Å². The highest BCUT2D eigenvalue weighted by molar-refractivity contribution is 5.96. The maximum Gasteiger partial charge on any atom is 0.326 e. The average Bonchev–Trinajstić information content (AvgIpc) is 3.58. The van der Waals surface area contributed by atoms with E-state index in [1.807, 2.05) is 41.5 Å². The van der Waals surface area contributed by atoms with E-state index in [-0.39, 0.29) is 49.3 Å². The van der Waals surface area contributed by atoms with Gasteiger partial charge < -0.3 is 47.8 Å². The molecule has 1 heterocycles. The molecule has 0 radical (unpaired) electrons. The minimum Gasteiger partial charge on any atom is -0.481 e. The van der Waals surface area contributed by atoms with Crippen molar-refractivity contribution in [2.45, 2.75) is 142 Å². The zero-order valence-corrected chi connectivity index (χ0v) is 30.5. The van der Waals surface area contributed by atoms with E-state index in [1.165, 1.54) is 0 Å². The lowest BCUT2D eigenvalue weighted by Gasteiger charge is -2.29. The molecule has 5 amide bonds. The van der Waals surface area contributed by atoms with Crippen LogP contribution < -0.4 is 37.6 Å². The summed E-state index contributed by atoms with van der Waals surface area (Å²) in [5, 5.41) is 35.0. The Morgan fingerprint density at radius 1 is 0.720 bits per heavy atom. The molecular formula is C34H61N7O9. The van der Waals surface area contributed by atoms with Gasteiger partial charge in [0.05, 0.1) is 6.04 Å². The molecule has 10 N–H and O–H groups in total. The predicted octanol–water partition coefficient (Wildman–Crippen LogP) is 0.379. The maximum atomic E-state index is 13.8. The first-order chi connectivity index (χ1) is 23.5. The van der Waals surface area contributed by atoms with Crippen molar-refractivity contribution < 1.29 is 43.8 Å². The van der Waals surface area contributed by atoms with Gasteiger partial charge in [0, 0.05) is 6.42 Å². The molecule has 1 aliphatic heterocycles. The number of aliphatic carboxylic acids is 2. The fraction of sp³-hybridized carbons (Fsp3) is 0.794. The summed E-state index contributed by atoms with van der Waals surface area (Å²) >= 11 is 0. The Labute approximate surface area is 295 Å². The second-order valence-corrected chi connectivity index (χ2v) is 14.1. The number of amides is 5. The van der Waals surface area contributed by atoms with Crippen LogP contribution >= 0.6 is 0 Å². The monoisotopic (exact) mass is 711 g/mol. The predicted molar refractivity (Wildman–Crippen MR) is 186 cm³/mol. The van der Waals surface area contributed by atoms with Crippen LogP contribution in [0.3, 0.4) is 0 Å². The van der Waals surface area contributed by atoms with Crippen molar-refractivity contribution in [3.63, 3.8) is 0 Å². The van der Waals surface area contributed by atoms with Crippen LogP contribution in [-0.4, -0.2) is 101 Å². The number of carboxylic acids is 2. The summed E-state index contributed by atoms with van der Waals surface area (Å²) in [7, 11) is 0. The van der Waals surface area contributed by atoms with Crippen LogP contribution in [-0.2, 0) is 33.6 Å². The number of hydrogen-bond acceptors (Lipinski definition) is 9. The minimum atomic E-state index is -1.48. The normalized spacial score (nSPS) is 17.9. The molecule has 0 aliphatic carbocycles. The van der Waals surface area contributed by atoms with Crippen LogP contribution in [0.2, 0.25) is 0 Å². The summed E-state index contributed by atoms with van der Waals surface area (Å²) in [5.74, 6) is -5.88. The quantitative estimate of drug-likeness (QED) is 0.0619. The molecule has 0 aromatic rings. The van der Waals surface area contributed by atoms with Gasteiger partial charge in [-0.05, 0) is 82.2 Å². The smallest absolute Gasteiger partial charge is 0.326 e. The third-order valence-electron chi connectivity index (χ3n) is 8.69. The highest BCUT2D eigenvalue weighted by atomic mass is 16.4. The molecule has 0 spiro atoms. The fourth-order valence-corrected chi connectivity index (χ4v) is 5.64. The average molecular weight is 712 g/mol. The number of rotatable bonds is 24. The minimum absolute atomic E-state index is 0.0303. The number of carbonyl (C=O) groups is 7. The van der Waals surface area contributed by atoms with Crippen molar-refractivity contribution in [2.75, 3.05) is 13.1 Å².